The van der Waals surface area contributed by atoms with Crippen LogP contribution >= 0.6 is 35.2 Å². The van der Waals surface area contributed by atoms with Gasteiger partial charge >= 0.3 is 0 Å². The Morgan fingerprint density at radius 1 is 1.35 bits per heavy atom. The Kier molecular flexibility index (Phi) is 3.76. The summed E-state index contributed by atoms with van der Waals surface area (Å²) in [5, 5.41) is 0. The summed E-state index contributed by atoms with van der Waals surface area (Å²) in [5.41, 5.74) is 1.23. The van der Waals surface area contributed by atoms with Crippen molar-refractivity contribution < 1.29 is 0 Å². The molecule has 0 aliphatic carbocycles. The Balaban J connectivity index is 2.46. The summed E-state index contributed by atoms with van der Waals surface area (Å²) in [6, 6.07) is 4.23. The van der Waals surface area contributed by atoms with Crippen LogP contribution in [0.5, 0.6) is 0 Å². The number of imidazole rings is 1. The van der Waals surface area contributed by atoms with E-state index in [1.807, 2.05) is 12.3 Å². The number of nitrogens with zero attached hydrogens (tertiary/aromatic N) is 1. The number of halogens is 1. The molecule has 0 saturated carbocycles. The highest BCUT2D eigenvalue weighted by molar-refractivity contribution is 7.71. The van der Waals surface area contributed by atoms with Gasteiger partial charge in [0.05, 0.1) is 10.4 Å². The second-order valence-corrected chi connectivity index (χ2v) is 6.49. The topological polar surface area (TPSA) is 20.7 Å². The van der Waals surface area contributed by atoms with Gasteiger partial charge in [0.1, 0.15) is 0 Å². The van der Waals surface area contributed by atoms with E-state index in [9.17, 15) is 0 Å². The largest absolute Gasteiger partial charge is 0.337 e. The molecule has 2 rings (SSSR count). The molecule has 0 spiro atoms. The fraction of sp³-hybridized carbons (Fsp3) is 0.417. The lowest BCUT2D eigenvalue weighted by atomic mass is 10.1. The van der Waals surface area contributed by atoms with E-state index in [1.165, 1.54) is 10.6 Å². The van der Waals surface area contributed by atoms with E-state index in [1.54, 1.807) is 11.3 Å². The lowest BCUT2D eigenvalue weighted by Gasteiger charge is -2.17. The summed E-state index contributed by atoms with van der Waals surface area (Å²) < 4.78 is 3.76. The molecule has 92 valence electrons. The molecule has 0 fully saturated rings. The Morgan fingerprint density at radius 3 is 2.59 bits per heavy atom. The Bertz CT molecular complexity index is 565. The highest BCUT2D eigenvalue weighted by atomic mass is 35.5. The predicted octanol–water partition coefficient (Wildman–Crippen LogP) is 4.99. The van der Waals surface area contributed by atoms with Crippen molar-refractivity contribution in [3.8, 4) is 0 Å². The van der Waals surface area contributed by atoms with E-state index in [4.69, 9.17) is 23.8 Å². The number of nitrogens with one attached hydrogen (secondary N) is 1. The summed E-state index contributed by atoms with van der Waals surface area (Å²) in [7, 11) is 0. The van der Waals surface area contributed by atoms with E-state index in [-0.39, 0.29) is 6.04 Å². The average molecular weight is 287 g/mol. The second-order valence-electron chi connectivity index (χ2n) is 4.36. The van der Waals surface area contributed by atoms with Gasteiger partial charge in [0.2, 0.25) is 0 Å². The van der Waals surface area contributed by atoms with Crippen molar-refractivity contribution in [3.63, 3.8) is 0 Å². The first-order chi connectivity index (χ1) is 8.00. The molecule has 1 unspecified atom stereocenters. The first-order valence-corrected chi connectivity index (χ1v) is 7.16. The van der Waals surface area contributed by atoms with Crippen molar-refractivity contribution >= 4 is 35.2 Å². The maximum absolute atomic E-state index is 5.98. The molecule has 0 aliphatic heterocycles. The zero-order chi connectivity index (χ0) is 12.6. The van der Waals surface area contributed by atoms with E-state index >= 15 is 0 Å². The Morgan fingerprint density at radius 2 is 2.06 bits per heavy atom. The smallest absolute Gasteiger partial charge is 0.177 e. The van der Waals surface area contributed by atoms with Crippen LogP contribution in [-0.2, 0) is 0 Å². The van der Waals surface area contributed by atoms with Crippen LogP contribution in [0.25, 0.3) is 0 Å². The molecule has 0 aliphatic rings. The van der Waals surface area contributed by atoms with Gasteiger partial charge in [0.15, 0.2) is 4.77 Å². The summed E-state index contributed by atoms with van der Waals surface area (Å²) in [6.45, 7) is 6.49. The lowest BCUT2D eigenvalue weighted by Crippen LogP contribution is -2.10. The second kappa shape index (κ2) is 4.96. The summed E-state index contributed by atoms with van der Waals surface area (Å²) in [5.74, 6) is 0.445. The highest BCUT2D eigenvalue weighted by Crippen LogP contribution is 2.31. The average Bonchev–Trinajstić information content (AvgIpc) is 2.83. The third-order valence-corrected chi connectivity index (χ3v) is 4.54. The molecule has 0 saturated heterocycles. The minimum Gasteiger partial charge on any atom is -0.337 e. The number of aromatic nitrogens is 2. The molecule has 0 aromatic carbocycles. The van der Waals surface area contributed by atoms with Crippen LogP contribution < -0.4 is 0 Å². The number of rotatable bonds is 3. The first-order valence-electron chi connectivity index (χ1n) is 5.55. The zero-order valence-electron chi connectivity index (χ0n) is 10.0. The van der Waals surface area contributed by atoms with E-state index in [0.29, 0.717) is 5.92 Å². The Labute approximate surface area is 115 Å². The van der Waals surface area contributed by atoms with Crippen LogP contribution in [-0.4, -0.2) is 9.55 Å². The van der Waals surface area contributed by atoms with Crippen LogP contribution in [0.2, 0.25) is 4.34 Å². The molecule has 1 N–H and O–H groups in total. The van der Waals surface area contributed by atoms with Gasteiger partial charge < -0.3 is 9.55 Å². The van der Waals surface area contributed by atoms with Gasteiger partial charge in [-0.15, -0.1) is 11.3 Å². The third kappa shape index (κ3) is 2.49. The van der Waals surface area contributed by atoms with Gasteiger partial charge in [-0.05, 0) is 37.2 Å². The number of hydrogen-bond acceptors (Lipinski definition) is 2. The molecule has 2 heterocycles. The van der Waals surface area contributed by atoms with E-state index < -0.39 is 0 Å². The third-order valence-electron chi connectivity index (χ3n) is 2.83. The van der Waals surface area contributed by atoms with Gasteiger partial charge in [-0.25, -0.2) is 0 Å². The number of H-pyrrole nitrogens is 1. The van der Waals surface area contributed by atoms with Gasteiger partial charge in [-0.2, -0.15) is 0 Å². The quantitative estimate of drug-likeness (QED) is 0.788. The van der Waals surface area contributed by atoms with Crippen molar-refractivity contribution in [2.75, 3.05) is 0 Å². The molecule has 1 atom stereocenters. The predicted molar refractivity (Wildman–Crippen MR) is 76.8 cm³/mol. The van der Waals surface area contributed by atoms with Gasteiger partial charge in [-0.3, -0.25) is 0 Å². The minimum absolute atomic E-state index is 0.226. The molecule has 2 aromatic heterocycles. The number of hydrogen-bond donors (Lipinski definition) is 1. The maximum Gasteiger partial charge on any atom is 0.177 e. The highest BCUT2D eigenvalue weighted by Gasteiger charge is 2.16. The van der Waals surface area contributed by atoms with Crippen LogP contribution in [0.15, 0.2) is 18.3 Å². The van der Waals surface area contributed by atoms with E-state index in [0.717, 1.165) is 9.11 Å². The molecule has 0 amide bonds. The normalized spacial score (nSPS) is 13.2. The van der Waals surface area contributed by atoms with Gasteiger partial charge in [0.25, 0.3) is 0 Å². The Hall–Kier alpha value is -0.580. The van der Waals surface area contributed by atoms with Crippen molar-refractivity contribution in [1.29, 1.82) is 0 Å². The number of aromatic amines is 1. The van der Waals surface area contributed by atoms with Crippen molar-refractivity contribution in [3.05, 3.63) is 38.0 Å². The summed E-state index contributed by atoms with van der Waals surface area (Å²) in [4.78, 5) is 4.35. The summed E-state index contributed by atoms with van der Waals surface area (Å²) in [6.07, 6.45) is 2.00. The molecule has 0 radical (unpaired) electrons. The molecule has 5 heteroatoms. The summed E-state index contributed by atoms with van der Waals surface area (Å²) >= 11 is 12.9. The van der Waals surface area contributed by atoms with Crippen molar-refractivity contribution in [2.24, 2.45) is 0 Å². The maximum atomic E-state index is 5.98. The van der Waals surface area contributed by atoms with Crippen molar-refractivity contribution in [1.82, 2.24) is 9.55 Å². The fourth-order valence-corrected chi connectivity index (χ4v) is 3.34. The molecule has 2 aromatic rings. The lowest BCUT2D eigenvalue weighted by molar-refractivity contribution is 0.590. The molecule has 17 heavy (non-hydrogen) atoms. The zero-order valence-corrected chi connectivity index (χ0v) is 12.4. The fourth-order valence-electron chi connectivity index (χ4n) is 1.92. The van der Waals surface area contributed by atoms with Gasteiger partial charge in [0, 0.05) is 16.8 Å². The molecule has 2 nitrogen and oxygen atoms in total. The molecule has 0 bridgehead atoms. The SMILES string of the molecule is CC(C)c1c[nH]c(=S)n1C(C)c1ccc(Cl)s1. The van der Waals surface area contributed by atoms with Crippen LogP contribution in [0.4, 0.5) is 0 Å². The van der Waals surface area contributed by atoms with Gasteiger partial charge in [-0.1, -0.05) is 25.4 Å². The van der Waals surface area contributed by atoms with Crippen LogP contribution in [0, 0.1) is 4.77 Å². The van der Waals surface area contributed by atoms with Crippen LogP contribution in [0.3, 0.4) is 0 Å². The monoisotopic (exact) mass is 286 g/mol. The first kappa shape index (κ1) is 12.9. The molecular weight excluding hydrogens is 272 g/mol. The number of thiophene rings is 1. The standard InChI is InChI=1S/C12H15ClN2S2/c1-7(2)9-6-14-12(16)15(9)8(3)10-4-5-11(13)17-10/h4-8H,1-3H3,(H,14,16). The van der Waals surface area contributed by atoms with E-state index in [2.05, 4.69) is 36.4 Å². The van der Waals surface area contributed by atoms with Crippen molar-refractivity contribution in [2.45, 2.75) is 32.7 Å². The van der Waals surface area contributed by atoms with Crippen LogP contribution in [0.1, 0.15) is 43.3 Å². The minimum atomic E-state index is 0.226. The molecular formula is C12H15ClN2S2.